The van der Waals surface area contributed by atoms with Gasteiger partial charge in [-0.25, -0.2) is 4.39 Å². The van der Waals surface area contributed by atoms with Crippen molar-refractivity contribution >= 4 is 24.2 Å². The van der Waals surface area contributed by atoms with Gasteiger partial charge in [-0.2, -0.15) is 0 Å². The minimum absolute atomic E-state index is 0. The summed E-state index contributed by atoms with van der Waals surface area (Å²) in [5, 5.41) is 3.27. The number of piperidine rings is 1. The van der Waals surface area contributed by atoms with Crippen LogP contribution in [0.5, 0.6) is 0 Å². The van der Waals surface area contributed by atoms with Crippen LogP contribution in [0.2, 0.25) is 0 Å². The maximum absolute atomic E-state index is 13.7. The van der Waals surface area contributed by atoms with Crippen LogP contribution in [0, 0.1) is 18.7 Å². The van der Waals surface area contributed by atoms with Gasteiger partial charge in [-0.05, 0) is 44.0 Å². The molecule has 7 heteroatoms. The smallest absolute Gasteiger partial charge is 0.254 e. The molecule has 1 atom stereocenters. The predicted molar refractivity (Wildman–Crippen MR) is 96.5 cm³/mol. The molecule has 5 nitrogen and oxygen atoms in total. The van der Waals surface area contributed by atoms with Gasteiger partial charge in [-0.3, -0.25) is 9.59 Å². The maximum atomic E-state index is 13.7. The summed E-state index contributed by atoms with van der Waals surface area (Å²) in [4.78, 5) is 28.6. The van der Waals surface area contributed by atoms with Crippen molar-refractivity contribution in [2.24, 2.45) is 5.92 Å². The van der Waals surface area contributed by atoms with Gasteiger partial charge >= 0.3 is 0 Å². The van der Waals surface area contributed by atoms with Gasteiger partial charge < -0.3 is 15.1 Å². The molecular formula is C18H25ClFN3O2. The summed E-state index contributed by atoms with van der Waals surface area (Å²) < 4.78 is 13.7. The molecule has 0 aliphatic carbocycles. The molecular weight excluding hydrogens is 345 g/mol. The van der Waals surface area contributed by atoms with Crippen LogP contribution in [0.3, 0.4) is 0 Å². The Kier molecular flexibility index (Phi) is 6.79. The largest absolute Gasteiger partial charge is 0.339 e. The topological polar surface area (TPSA) is 52.7 Å². The highest BCUT2D eigenvalue weighted by molar-refractivity contribution is 5.94. The zero-order valence-electron chi connectivity index (χ0n) is 14.5. The average Bonchev–Trinajstić information content (AvgIpc) is 2.63. The zero-order chi connectivity index (χ0) is 17.1. The van der Waals surface area contributed by atoms with Gasteiger partial charge in [0, 0.05) is 38.3 Å². The Balaban J connectivity index is 0.00000225. The molecule has 138 valence electrons. The molecule has 0 saturated carbocycles. The van der Waals surface area contributed by atoms with Crippen LogP contribution in [0.15, 0.2) is 18.2 Å². The lowest BCUT2D eigenvalue weighted by atomic mass is 9.98. The van der Waals surface area contributed by atoms with Crippen LogP contribution >= 0.6 is 12.4 Å². The number of amides is 2. The van der Waals surface area contributed by atoms with Crippen LogP contribution in [0.25, 0.3) is 0 Å². The number of carbonyl (C=O) groups excluding carboxylic acids is 2. The molecule has 0 radical (unpaired) electrons. The van der Waals surface area contributed by atoms with E-state index < -0.39 is 0 Å². The van der Waals surface area contributed by atoms with Crippen LogP contribution < -0.4 is 5.32 Å². The Labute approximate surface area is 154 Å². The Morgan fingerprint density at radius 2 is 1.84 bits per heavy atom. The van der Waals surface area contributed by atoms with Crippen molar-refractivity contribution < 1.29 is 14.0 Å². The van der Waals surface area contributed by atoms with Gasteiger partial charge in [0.2, 0.25) is 5.91 Å². The van der Waals surface area contributed by atoms with E-state index in [0.29, 0.717) is 37.3 Å². The summed E-state index contributed by atoms with van der Waals surface area (Å²) in [5.74, 6) is -0.275. The maximum Gasteiger partial charge on any atom is 0.254 e. The SMILES string of the molecule is Cc1ccc(C(=O)N2CCN(C(=O)C3CCCNC3)CC2)cc1F.Cl. The third-order valence-electron chi connectivity index (χ3n) is 4.94. The number of halogens is 2. The van der Waals surface area contributed by atoms with E-state index in [-0.39, 0.29) is 36.0 Å². The lowest BCUT2D eigenvalue weighted by Crippen LogP contribution is -2.53. The highest BCUT2D eigenvalue weighted by Crippen LogP contribution is 2.17. The number of nitrogens with zero attached hydrogens (tertiary/aromatic N) is 2. The summed E-state index contributed by atoms with van der Waals surface area (Å²) in [6.07, 6.45) is 1.97. The number of aryl methyl sites for hydroxylation is 1. The highest BCUT2D eigenvalue weighted by atomic mass is 35.5. The summed E-state index contributed by atoms with van der Waals surface area (Å²) >= 11 is 0. The first-order chi connectivity index (χ1) is 11.6. The van der Waals surface area contributed by atoms with Crippen molar-refractivity contribution in [3.63, 3.8) is 0 Å². The molecule has 2 amide bonds. The van der Waals surface area contributed by atoms with Crippen molar-refractivity contribution in [2.45, 2.75) is 19.8 Å². The molecule has 2 aliphatic heterocycles. The highest BCUT2D eigenvalue weighted by Gasteiger charge is 2.30. The second kappa shape index (κ2) is 8.63. The van der Waals surface area contributed by atoms with E-state index in [4.69, 9.17) is 0 Å². The molecule has 3 rings (SSSR count). The van der Waals surface area contributed by atoms with Gasteiger partial charge in [0.25, 0.3) is 5.91 Å². The fourth-order valence-corrected chi connectivity index (χ4v) is 3.36. The molecule has 25 heavy (non-hydrogen) atoms. The van der Waals surface area contributed by atoms with Crippen LogP contribution in [0.1, 0.15) is 28.8 Å². The lowest BCUT2D eigenvalue weighted by Gasteiger charge is -2.37. The molecule has 0 spiro atoms. The normalized spacial score (nSPS) is 20.8. The Bertz CT molecular complexity index is 627. The molecule has 2 heterocycles. The fourth-order valence-electron chi connectivity index (χ4n) is 3.36. The van der Waals surface area contributed by atoms with E-state index in [1.54, 1.807) is 24.0 Å². The molecule has 1 unspecified atom stereocenters. The van der Waals surface area contributed by atoms with Gasteiger partial charge in [0.1, 0.15) is 5.82 Å². The Morgan fingerprint density at radius 1 is 1.16 bits per heavy atom. The standard InChI is InChI=1S/C18H24FN3O2.ClH/c1-13-4-5-14(11-16(13)19)17(23)21-7-9-22(10-8-21)18(24)15-3-2-6-20-12-15;/h4-5,11,15,20H,2-3,6-10,12H2,1H3;1H. The number of nitrogens with one attached hydrogen (secondary N) is 1. The van der Waals surface area contributed by atoms with Gasteiger partial charge in [0.15, 0.2) is 0 Å². The van der Waals surface area contributed by atoms with Crippen molar-refractivity contribution in [3.8, 4) is 0 Å². The molecule has 2 aliphatic rings. The van der Waals surface area contributed by atoms with Gasteiger partial charge in [-0.15, -0.1) is 12.4 Å². The van der Waals surface area contributed by atoms with Gasteiger partial charge in [-0.1, -0.05) is 6.07 Å². The van der Waals surface area contributed by atoms with E-state index in [2.05, 4.69) is 5.32 Å². The van der Waals surface area contributed by atoms with E-state index >= 15 is 0 Å². The molecule has 1 N–H and O–H groups in total. The number of carbonyl (C=O) groups is 2. The minimum atomic E-state index is -0.362. The van der Waals surface area contributed by atoms with E-state index in [9.17, 15) is 14.0 Å². The third-order valence-corrected chi connectivity index (χ3v) is 4.94. The van der Waals surface area contributed by atoms with Crippen molar-refractivity contribution in [3.05, 3.63) is 35.1 Å². The molecule has 0 bridgehead atoms. The van der Waals surface area contributed by atoms with Crippen LogP contribution in [-0.4, -0.2) is 60.9 Å². The molecule has 1 aromatic carbocycles. The van der Waals surface area contributed by atoms with E-state index in [0.717, 1.165) is 25.9 Å². The second-order valence-electron chi connectivity index (χ2n) is 6.62. The first-order valence-electron chi connectivity index (χ1n) is 8.61. The summed E-state index contributed by atoms with van der Waals surface area (Å²) in [6.45, 7) is 5.51. The average molecular weight is 370 g/mol. The number of hydrogen-bond donors (Lipinski definition) is 1. The summed E-state index contributed by atoms with van der Waals surface area (Å²) in [7, 11) is 0. The first kappa shape index (κ1) is 19.7. The van der Waals surface area contributed by atoms with Gasteiger partial charge in [0.05, 0.1) is 5.92 Å². The zero-order valence-corrected chi connectivity index (χ0v) is 15.3. The summed E-state index contributed by atoms with van der Waals surface area (Å²) in [5.41, 5.74) is 0.900. The molecule has 2 saturated heterocycles. The molecule has 0 aromatic heterocycles. The van der Waals surface area contributed by atoms with Crippen molar-refractivity contribution in [2.75, 3.05) is 39.3 Å². The first-order valence-corrected chi connectivity index (χ1v) is 8.61. The minimum Gasteiger partial charge on any atom is -0.339 e. The third kappa shape index (κ3) is 4.50. The monoisotopic (exact) mass is 369 g/mol. The Morgan fingerprint density at radius 3 is 2.44 bits per heavy atom. The fraction of sp³-hybridized carbons (Fsp3) is 0.556. The molecule has 2 fully saturated rings. The second-order valence-corrected chi connectivity index (χ2v) is 6.62. The van der Waals surface area contributed by atoms with Crippen LogP contribution in [-0.2, 0) is 4.79 Å². The van der Waals surface area contributed by atoms with Crippen LogP contribution in [0.4, 0.5) is 4.39 Å². The van der Waals surface area contributed by atoms with E-state index in [1.807, 2.05) is 4.90 Å². The number of rotatable bonds is 2. The lowest BCUT2D eigenvalue weighted by molar-refractivity contribution is -0.137. The summed E-state index contributed by atoms with van der Waals surface area (Å²) in [6, 6.07) is 4.58. The predicted octanol–water partition coefficient (Wildman–Crippen LogP) is 1.84. The number of hydrogen-bond acceptors (Lipinski definition) is 3. The van der Waals surface area contributed by atoms with Crippen molar-refractivity contribution in [1.29, 1.82) is 0 Å². The number of benzene rings is 1. The van der Waals surface area contributed by atoms with Crippen molar-refractivity contribution in [1.82, 2.24) is 15.1 Å². The number of piperazine rings is 1. The quantitative estimate of drug-likeness (QED) is 0.865. The Hall–Kier alpha value is -1.66. The molecule has 1 aromatic rings. The van der Waals surface area contributed by atoms with E-state index in [1.165, 1.54) is 6.07 Å².